The lowest BCUT2D eigenvalue weighted by Gasteiger charge is -2.11. The topological polar surface area (TPSA) is 49.9 Å². The van der Waals surface area contributed by atoms with Gasteiger partial charge in [-0.2, -0.15) is 5.10 Å². The molecular weight excluding hydrogens is 226 g/mol. The van der Waals surface area contributed by atoms with Gasteiger partial charge in [0, 0.05) is 12.6 Å². The first kappa shape index (κ1) is 12.5. The second-order valence-corrected chi connectivity index (χ2v) is 4.47. The van der Waals surface area contributed by atoms with Crippen LogP contribution in [0.25, 0.3) is 11.3 Å². The normalized spacial score (nSPS) is 10.5. The number of aryl methyl sites for hydroxylation is 3. The van der Waals surface area contributed by atoms with Crippen LogP contribution in [0.5, 0.6) is 5.75 Å². The summed E-state index contributed by atoms with van der Waals surface area (Å²) in [5, 5.41) is 10.6. The highest BCUT2D eigenvalue weighted by Crippen LogP contribution is 2.33. The number of H-pyrrole nitrogens is 1. The van der Waals surface area contributed by atoms with Crippen molar-refractivity contribution < 1.29 is 4.74 Å². The smallest absolute Gasteiger partial charge is 0.124 e. The Balaban J connectivity index is 2.58. The van der Waals surface area contributed by atoms with Crippen LogP contribution in [-0.2, 0) is 0 Å². The highest BCUT2D eigenvalue weighted by Gasteiger charge is 2.13. The third-order valence-corrected chi connectivity index (χ3v) is 3.14. The fraction of sp³-hybridized carbons (Fsp3) is 0.357. The van der Waals surface area contributed by atoms with E-state index >= 15 is 0 Å². The average Bonchev–Trinajstić information content (AvgIpc) is 2.69. The van der Waals surface area contributed by atoms with Crippen molar-refractivity contribution in [3.05, 3.63) is 29.0 Å². The largest absolute Gasteiger partial charge is 0.496 e. The molecule has 0 aliphatic rings. The molecule has 2 N–H and O–H groups in total. The number of aromatic nitrogens is 2. The van der Waals surface area contributed by atoms with Crippen LogP contribution in [-0.4, -0.2) is 24.4 Å². The third kappa shape index (κ3) is 1.94. The molecule has 0 bridgehead atoms. The minimum absolute atomic E-state index is 0.942. The van der Waals surface area contributed by atoms with E-state index < -0.39 is 0 Å². The zero-order valence-electron chi connectivity index (χ0n) is 11.5. The molecule has 0 saturated heterocycles. The molecule has 2 aromatic rings. The molecule has 1 aromatic heterocycles. The summed E-state index contributed by atoms with van der Waals surface area (Å²) in [7, 11) is 3.61. The van der Waals surface area contributed by atoms with Crippen molar-refractivity contribution in [1.29, 1.82) is 0 Å². The SMILES string of the molecule is CNc1c(-c2cc(C)c(OC)c(C)c2)n[nH]c1C. The van der Waals surface area contributed by atoms with Crippen LogP contribution in [0.2, 0.25) is 0 Å². The maximum absolute atomic E-state index is 5.38. The summed E-state index contributed by atoms with van der Waals surface area (Å²) < 4.78 is 5.38. The van der Waals surface area contributed by atoms with E-state index in [1.165, 1.54) is 0 Å². The zero-order chi connectivity index (χ0) is 13.3. The summed E-state index contributed by atoms with van der Waals surface area (Å²) in [6.45, 7) is 6.10. The quantitative estimate of drug-likeness (QED) is 0.873. The second-order valence-electron chi connectivity index (χ2n) is 4.47. The highest BCUT2D eigenvalue weighted by molar-refractivity contribution is 5.77. The number of aromatic amines is 1. The summed E-state index contributed by atoms with van der Waals surface area (Å²) in [6.07, 6.45) is 0. The summed E-state index contributed by atoms with van der Waals surface area (Å²) in [5.74, 6) is 0.942. The fourth-order valence-electron chi connectivity index (χ4n) is 2.35. The Labute approximate surface area is 107 Å². The van der Waals surface area contributed by atoms with Gasteiger partial charge in [0.25, 0.3) is 0 Å². The van der Waals surface area contributed by atoms with Crippen LogP contribution in [0, 0.1) is 20.8 Å². The van der Waals surface area contributed by atoms with Crippen molar-refractivity contribution in [3.8, 4) is 17.0 Å². The minimum atomic E-state index is 0.942. The monoisotopic (exact) mass is 245 g/mol. The molecule has 4 heteroatoms. The van der Waals surface area contributed by atoms with E-state index in [4.69, 9.17) is 4.74 Å². The maximum Gasteiger partial charge on any atom is 0.124 e. The second kappa shape index (κ2) is 4.72. The standard InChI is InChI=1S/C14H19N3O/c1-8-6-11(7-9(2)14(8)18-5)13-12(15-4)10(3)16-17-13/h6-7,15H,1-5H3,(H,16,17). The number of methoxy groups -OCH3 is 1. The van der Waals surface area contributed by atoms with E-state index in [0.29, 0.717) is 0 Å². The number of nitrogens with zero attached hydrogens (tertiary/aromatic N) is 1. The van der Waals surface area contributed by atoms with E-state index in [2.05, 4.69) is 27.6 Å². The molecule has 0 aliphatic carbocycles. The fourth-order valence-corrected chi connectivity index (χ4v) is 2.35. The van der Waals surface area contributed by atoms with Gasteiger partial charge in [-0.25, -0.2) is 0 Å². The third-order valence-electron chi connectivity index (χ3n) is 3.14. The van der Waals surface area contributed by atoms with Gasteiger partial charge in [0.05, 0.1) is 18.5 Å². The van der Waals surface area contributed by atoms with E-state index in [-0.39, 0.29) is 0 Å². The summed E-state index contributed by atoms with van der Waals surface area (Å²) in [4.78, 5) is 0. The van der Waals surface area contributed by atoms with Gasteiger partial charge in [-0.3, -0.25) is 5.10 Å². The Morgan fingerprint density at radius 3 is 2.28 bits per heavy atom. The molecule has 4 nitrogen and oxygen atoms in total. The molecule has 2 rings (SSSR count). The Hall–Kier alpha value is -1.97. The number of nitrogens with one attached hydrogen (secondary N) is 2. The highest BCUT2D eigenvalue weighted by atomic mass is 16.5. The van der Waals surface area contributed by atoms with Gasteiger partial charge in [0.15, 0.2) is 0 Å². The first-order valence-electron chi connectivity index (χ1n) is 5.96. The number of ether oxygens (including phenoxy) is 1. The Kier molecular flexibility index (Phi) is 3.28. The van der Waals surface area contributed by atoms with Crippen molar-refractivity contribution in [1.82, 2.24) is 10.2 Å². The van der Waals surface area contributed by atoms with E-state index in [0.717, 1.165) is 39.5 Å². The van der Waals surface area contributed by atoms with Crippen LogP contribution < -0.4 is 10.1 Å². The van der Waals surface area contributed by atoms with Crippen molar-refractivity contribution in [2.45, 2.75) is 20.8 Å². The van der Waals surface area contributed by atoms with Crippen molar-refractivity contribution in [2.24, 2.45) is 0 Å². The van der Waals surface area contributed by atoms with Gasteiger partial charge in [-0.05, 0) is 44.0 Å². The van der Waals surface area contributed by atoms with Gasteiger partial charge in [0.2, 0.25) is 0 Å². The number of rotatable bonds is 3. The van der Waals surface area contributed by atoms with Crippen LogP contribution in [0.3, 0.4) is 0 Å². The number of hydrogen-bond donors (Lipinski definition) is 2. The lowest BCUT2D eigenvalue weighted by atomic mass is 10.0. The molecule has 0 spiro atoms. The van der Waals surface area contributed by atoms with Gasteiger partial charge < -0.3 is 10.1 Å². The van der Waals surface area contributed by atoms with Gasteiger partial charge in [-0.1, -0.05) is 0 Å². The zero-order valence-corrected chi connectivity index (χ0v) is 11.5. The molecule has 1 heterocycles. The van der Waals surface area contributed by atoms with Crippen LogP contribution in [0.4, 0.5) is 5.69 Å². The van der Waals surface area contributed by atoms with E-state index in [1.54, 1.807) is 7.11 Å². The number of anilines is 1. The molecule has 0 unspecified atom stereocenters. The van der Waals surface area contributed by atoms with E-state index in [1.807, 2.05) is 27.8 Å². The van der Waals surface area contributed by atoms with Crippen molar-refractivity contribution >= 4 is 5.69 Å². The average molecular weight is 245 g/mol. The molecule has 0 amide bonds. The summed E-state index contributed by atoms with van der Waals surface area (Å²) in [5.41, 5.74) is 6.37. The molecule has 18 heavy (non-hydrogen) atoms. The first-order valence-corrected chi connectivity index (χ1v) is 5.96. The lowest BCUT2D eigenvalue weighted by molar-refractivity contribution is 0.408. The predicted molar refractivity (Wildman–Crippen MR) is 74.3 cm³/mol. The lowest BCUT2D eigenvalue weighted by Crippen LogP contribution is -1.95. The number of hydrogen-bond acceptors (Lipinski definition) is 3. The summed E-state index contributed by atoms with van der Waals surface area (Å²) in [6, 6.07) is 4.20. The van der Waals surface area contributed by atoms with Gasteiger partial charge in [0.1, 0.15) is 11.4 Å². The molecule has 0 atom stereocenters. The molecule has 0 fully saturated rings. The Morgan fingerprint density at radius 2 is 1.78 bits per heavy atom. The van der Waals surface area contributed by atoms with Crippen LogP contribution in [0.1, 0.15) is 16.8 Å². The van der Waals surface area contributed by atoms with Crippen molar-refractivity contribution in [2.75, 3.05) is 19.5 Å². The molecule has 0 saturated carbocycles. The van der Waals surface area contributed by atoms with Crippen molar-refractivity contribution in [3.63, 3.8) is 0 Å². The first-order chi connectivity index (χ1) is 8.58. The van der Waals surface area contributed by atoms with Crippen LogP contribution >= 0.6 is 0 Å². The predicted octanol–water partition coefficient (Wildman–Crippen LogP) is 3.05. The van der Waals surface area contributed by atoms with Gasteiger partial charge >= 0.3 is 0 Å². The van der Waals surface area contributed by atoms with Crippen LogP contribution in [0.15, 0.2) is 12.1 Å². The molecule has 1 aromatic carbocycles. The Morgan fingerprint density at radius 1 is 1.17 bits per heavy atom. The molecule has 96 valence electrons. The number of benzene rings is 1. The van der Waals surface area contributed by atoms with E-state index in [9.17, 15) is 0 Å². The molecule has 0 aliphatic heterocycles. The molecular formula is C14H19N3O. The van der Waals surface area contributed by atoms with Gasteiger partial charge in [-0.15, -0.1) is 0 Å². The minimum Gasteiger partial charge on any atom is -0.496 e. The summed E-state index contributed by atoms with van der Waals surface area (Å²) >= 11 is 0. The Bertz CT molecular complexity index is 549. The maximum atomic E-state index is 5.38. The molecule has 0 radical (unpaired) electrons.